The van der Waals surface area contributed by atoms with Gasteiger partial charge in [-0.05, 0) is 19.4 Å². The van der Waals surface area contributed by atoms with Crippen molar-refractivity contribution >= 4 is 9.84 Å². The second-order valence-corrected chi connectivity index (χ2v) is 5.48. The summed E-state index contributed by atoms with van der Waals surface area (Å²) < 4.78 is 22.2. The molecule has 1 aromatic heterocycles. The average Bonchev–Trinajstić information content (AvgIpc) is 2.28. The summed E-state index contributed by atoms with van der Waals surface area (Å²) in [5, 5.41) is -0.175. The maximum atomic E-state index is 11.1. The van der Waals surface area contributed by atoms with Gasteiger partial charge >= 0.3 is 0 Å². The molecular formula is C11H15N3O2S. The standard InChI is InChI=1S/C11H15N3O2S/c1-17(15,16)11-13-8-10(9-14-11)6-4-2-3-5-7-12/h8-9H,2-3,5,7,12H2,1H3. The summed E-state index contributed by atoms with van der Waals surface area (Å²) in [6.07, 6.45) is 6.59. The summed E-state index contributed by atoms with van der Waals surface area (Å²) in [4.78, 5) is 7.49. The summed E-state index contributed by atoms with van der Waals surface area (Å²) in [5.74, 6) is 5.83. The van der Waals surface area contributed by atoms with Gasteiger partial charge in [-0.2, -0.15) is 0 Å². The Morgan fingerprint density at radius 3 is 2.47 bits per heavy atom. The van der Waals surface area contributed by atoms with Crippen molar-refractivity contribution in [2.24, 2.45) is 5.73 Å². The van der Waals surface area contributed by atoms with Crippen LogP contribution >= 0.6 is 0 Å². The van der Waals surface area contributed by atoms with E-state index in [4.69, 9.17) is 5.73 Å². The lowest BCUT2D eigenvalue weighted by molar-refractivity contribution is 0.593. The summed E-state index contributed by atoms with van der Waals surface area (Å²) in [7, 11) is -3.34. The molecule has 1 rings (SSSR count). The number of unbranched alkanes of at least 4 members (excludes halogenated alkanes) is 2. The lowest BCUT2D eigenvalue weighted by atomic mass is 10.2. The number of nitrogens with zero attached hydrogens (tertiary/aromatic N) is 2. The van der Waals surface area contributed by atoms with Gasteiger partial charge in [0.2, 0.25) is 15.0 Å². The highest BCUT2D eigenvalue weighted by Crippen LogP contribution is 2.01. The van der Waals surface area contributed by atoms with E-state index in [0.29, 0.717) is 12.1 Å². The Labute approximate surface area is 101 Å². The first-order valence-electron chi connectivity index (χ1n) is 5.25. The van der Waals surface area contributed by atoms with Crippen LogP contribution < -0.4 is 5.73 Å². The normalized spacial score (nSPS) is 10.7. The molecule has 1 heterocycles. The van der Waals surface area contributed by atoms with E-state index in [1.165, 1.54) is 12.4 Å². The van der Waals surface area contributed by atoms with Crippen LogP contribution in [0.1, 0.15) is 24.8 Å². The van der Waals surface area contributed by atoms with Gasteiger partial charge in [0.15, 0.2) is 0 Å². The summed E-state index contributed by atoms with van der Waals surface area (Å²) in [6.45, 7) is 0.674. The molecule has 0 fully saturated rings. The molecule has 1 aromatic rings. The van der Waals surface area contributed by atoms with E-state index < -0.39 is 9.84 Å². The lowest BCUT2D eigenvalue weighted by Crippen LogP contribution is -2.03. The molecular weight excluding hydrogens is 238 g/mol. The molecule has 0 aromatic carbocycles. The highest BCUT2D eigenvalue weighted by molar-refractivity contribution is 7.90. The molecule has 0 aliphatic heterocycles. The molecule has 0 radical (unpaired) electrons. The van der Waals surface area contributed by atoms with Gasteiger partial charge in [0, 0.05) is 25.1 Å². The first kappa shape index (κ1) is 13.6. The Morgan fingerprint density at radius 1 is 1.29 bits per heavy atom. The van der Waals surface area contributed by atoms with Crippen LogP contribution in [0.2, 0.25) is 0 Å². The Hall–Kier alpha value is -1.45. The van der Waals surface area contributed by atoms with E-state index in [1.54, 1.807) is 0 Å². The Balaban J connectivity index is 2.63. The van der Waals surface area contributed by atoms with Crippen LogP contribution in [0.5, 0.6) is 0 Å². The van der Waals surface area contributed by atoms with Crippen molar-refractivity contribution in [1.82, 2.24) is 9.97 Å². The molecule has 0 bridgehead atoms. The minimum absolute atomic E-state index is 0.175. The quantitative estimate of drug-likeness (QED) is 0.475. The van der Waals surface area contributed by atoms with Crippen LogP contribution in [-0.4, -0.2) is 31.2 Å². The number of hydrogen-bond donors (Lipinski definition) is 1. The summed E-state index contributed by atoms with van der Waals surface area (Å²) in [5.41, 5.74) is 5.97. The van der Waals surface area contributed by atoms with Crippen LogP contribution in [0, 0.1) is 11.8 Å². The zero-order valence-corrected chi connectivity index (χ0v) is 10.5. The molecule has 6 heteroatoms. The van der Waals surface area contributed by atoms with E-state index in [-0.39, 0.29) is 5.16 Å². The zero-order chi connectivity index (χ0) is 12.7. The van der Waals surface area contributed by atoms with Gasteiger partial charge < -0.3 is 5.73 Å². The number of aromatic nitrogens is 2. The molecule has 0 spiro atoms. The highest BCUT2D eigenvalue weighted by atomic mass is 32.2. The van der Waals surface area contributed by atoms with Crippen LogP contribution in [-0.2, 0) is 9.84 Å². The molecule has 5 nitrogen and oxygen atoms in total. The molecule has 0 atom stereocenters. The smallest absolute Gasteiger partial charge is 0.246 e. The second kappa shape index (κ2) is 6.33. The van der Waals surface area contributed by atoms with Crippen molar-refractivity contribution in [3.63, 3.8) is 0 Å². The third-order valence-electron chi connectivity index (χ3n) is 1.95. The van der Waals surface area contributed by atoms with Gasteiger partial charge in [-0.25, -0.2) is 18.4 Å². The van der Waals surface area contributed by atoms with Gasteiger partial charge in [-0.1, -0.05) is 11.8 Å². The molecule has 2 N–H and O–H groups in total. The van der Waals surface area contributed by atoms with Crippen LogP contribution in [0.4, 0.5) is 0 Å². The summed E-state index contributed by atoms with van der Waals surface area (Å²) >= 11 is 0. The minimum Gasteiger partial charge on any atom is -0.330 e. The fraction of sp³-hybridized carbons (Fsp3) is 0.455. The first-order valence-corrected chi connectivity index (χ1v) is 7.14. The van der Waals surface area contributed by atoms with E-state index in [9.17, 15) is 8.42 Å². The SMILES string of the molecule is CS(=O)(=O)c1ncc(C#CCCCCN)cn1. The fourth-order valence-electron chi connectivity index (χ4n) is 1.09. The number of rotatable bonds is 4. The van der Waals surface area contributed by atoms with Crippen LogP contribution in [0.15, 0.2) is 17.6 Å². The Kier molecular flexibility index (Phi) is 5.07. The molecule has 17 heavy (non-hydrogen) atoms. The molecule has 0 saturated heterocycles. The van der Waals surface area contributed by atoms with Crippen molar-refractivity contribution in [1.29, 1.82) is 0 Å². The van der Waals surface area contributed by atoms with Gasteiger partial charge in [-0.3, -0.25) is 0 Å². The van der Waals surface area contributed by atoms with E-state index in [2.05, 4.69) is 21.8 Å². The zero-order valence-electron chi connectivity index (χ0n) is 9.68. The van der Waals surface area contributed by atoms with E-state index >= 15 is 0 Å². The largest absolute Gasteiger partial charge is 0.330 e. The van der Waals surface area contributed by atoms with E-state index in [1.807, 2.05) is 0 Å². The highest BCUT2D eigenvalue weighted by Gasteiger charge is 2.09. The number of hydrogen-bond acceptors (Lipinski definition) is 5. The molecule has 0 aliphatic rings. The van der Waals surface area contributed by atoms with Crippen molar-refractivity contribution in [3.05, 3.63) is 18.0 Å². The minimum atomic E-state index is -3.34. The van der Waals surface area contributed by atoms with Gasteiger partial charge in [0.05, 0.1) is 5.56 Å². The summed E-state index contributed by atoms with van der Waals surface area (Å²) in [6, 6.07) is 0. The maximum Gasteiger partial charge on any atom is 0.246 e. The van der Waals surface area contributed by atoms with Gasteiger partial charge in [0.25, 0.3) is 0 Å². The predicted molar refractivity (Wildman–Crippen MR) is 64.9 cm³/mol. The topological polar surface area (TPSA) is 85.9 Å². The third-order valence-corrected chi connectivity index (χ3v) is 2.82. The first-order chi connectivity index (χ1) is 8.04. The number of nitrogens with two attached hydrogens (primary N) is 1. The fourth-order valence-corrected chi connectivity index (χ4v) is 1.58. The Morgan fingerprint density at radius 2 is 1.94 bits per heavy atom. The molecule has 0 aliphatic carbocycles. The predicted octanol–water partition coefficient (Wildman–Crippen LogP) is 0.361. The van der Waals surface area contributed by atoms with Crippen LogP contribution in [0.25, 0.3) is 0 Å². The molecule has 0 saturated carbocycles. The molecule has 92 valence electrons. The van der Waals surface area contributed by atoms with Crippen molar-refractivity contribution in [2.45, 2.75) is 24.4 Å². The van der Waals surface area contributed by atoms with Gasteiger partial charge in [-0.15, -0.1) is 0 Å². The maximum absolute atomic E-state index is 11.1. The monoisotopic (exact) mass is 253 g/mol. The molecule has 0 unspecified atom stereocenters. The lowest BCUT2D eigenvalue weighted by Gasteiger charge is -1.95. The second-order valence-electron chi connectivity index (χ2n) is 3.57. The van der Waals surface area contributed by atoms with Crippen molar-refractivity contribution in [3.8, 4) is 11.8 Å². The Bertz CT molecular complexity index is 512. The van der Waals surface area contributed by atoms with Crippen LogP contribution in [0.3, 0.4) is 0 Å². The van der Waals surface area contributed by atoms with E-state index in [0.717, 1.165) is 25.5 Å². The van der Waals surface area contributed by atoms with Crippen molar-refractivity contribution < 1.29 is 8.42 Å². The average molecular weight is 253 g/mol. The van der Waals surface area contributed by atoms with Crippen molar-refractivity contribution in [2.75, 3.05) is 12.8 Å². The third kappa shape index (κ3) is 4.93. The molecule has 0 amide bonds. The number of sulfone groups is 1. The van der Waals surface area contributed by atoms with Gasteiger partial charge in [0.1, 0.15) is 0 Å².